The summed E-state index contributed by atoms with van der Waals surface area (Å²) in [4.78, 5) is 10.8. The van der Waals surface area contributed by atoms with Crippen molar-refractivity contribution in [3.8, 4) is 50.7 Å². The van der Waals surface area contributed by atoms with E-state index >= 15 is 0 Å². The molecule has 3 nitrogen and oxygen atoms in total. The molecule has 2 aromatic heterocycles. The summed E-state index contributed by atoms with van der Waals surface area (Å²) < 4.78 is 2.42. The van der Waals surface area contributed by atoms with Crippen molar-refractivity contribution in [1.82, 2.24) is 14.5 Å². The third kappa shape index (κ3) is 5.24. The second-order valence-corrected chi connectivity index (χ2v) is 16.1. The predicted molar refractivity (Wildman–Crippen MR) is 257 cm³/mol. The van der Waals surface area contributed by atoms with Crippen molar-refractivity contribution >= 4 is 75.7 Å². The summed E-state index contributed by atoms with van der Waals surface area (Å²) in [6.07, 6.45) is 0. The average Bonchev–Trinajstić information content (AvgIpc) is 3.67. The molecule has 0 bridgehead atoms. The highest BCUT2D eigenvalue weighted by molar-refractivity contribution is 6.25. The van der Waals surface area contributed by atoms with Gasteiger partial charge in [0.1, 0.15) is 0 Å². The van der Waals surface area contributed by atoms with Gasteiger partial charge in [-0.1, -0.05) is 170 Å². The van der Waals surface area contributed by atoms with Crippen molar-refractivity contribution in [1.29, 1.82) is 0 Å². The van der Waals surface area contributed by atoms with Crippen LogP contribution in [0.15, 0.2) is 212 Å². The van der Waals surface area contributed by atoms with Crippen molar-refractivity contribution in [3.05, 3.63) is 212 Å². The monoisotopic (exact) mass is 773 g/mol. The molecule has 0 fully saturated rings. The number of rotatable bonds is 5. The van der Waals surface area contributed by atoms with Gasteiger partial charge < -0.3 is 4.57 Å². The van der Waals surface area contributed by atoms with Gasteiger partial charge in [0.25, 0.3) is 0 Å². The zero-order chi connectivity index (χ0) is 40.0. The minimum absolute atomic E-state index is 0.693. The molecule has 0 unspecified atom stereocenters. The first kappa shape index (κ1) is 33.8. The largest absolute Gasteiger partial charge is 0.309 e. The van der Waals surface area contributed by atoms with Gasteiger partial charge in [-0.25, -0.2) is 9.97 Å². The van der Waals surface area contributed by atoms with Crippen LogP contribution in [0, 0.1) is 0 Å². The van der Waals surface area contributed by atoms with Gasteiger partial charge >= 0.3 is 0 Å². The quantitative estimate of drug-likeness (QED) is 0.163. The van der Waals surface area contributed by atoms with E-state index in [1.54, 1.807) is 0 Å². The van der Waals surface area contributed by atoms with Gasteiger partial charge in [0.15, 0.2) is 5.82 Å². The molecule has 0 aliphatic carbocycles. The highest BCUT2D eigenvalue weighted by Gasteiger charge is 2.20. The Balaban J connectivity index is 1.12. The molecule has 0 N–H and O–H groups in total. The lowest BCUT2D eigenvalue weighted by atomic mass is 9.90. The van der Waals surface area contributed by atoms with Crippen LogP contribution in [0.1, 0.15) is 0 Å². The number of nitrogens with zero attached hydrogens (tertiary/aromatic N) is 3. The fourth-order valence-electron chi connectivity index (χ4n) is 9.95. The molecule has 0 aliphatic heterocycles. The SMILES string of the molecule is c1ccc(-c2nc(-c3cc(-c4cc5ccccc5c5ccccc45)cc(-n4c5ccccc5c5ccccc54)c3)cc(-c3ccc4ccc5cccc6ccc3c4c56)n2)cc1. The molecule has 3 heteroatoms. The number of para-hydroxylation sites is 2. The van der Waals surface area contributed by atoms with E-state index in [1.807, 2.05) is 6.07 Å². The highest BCUT2D eigenvalue weighted by Crippen LogP contribution is 2.43. The summed E-state index contributed by atoms with van der Waals surface area (Å²) in [5.41, 5.74) is 10.5. The Morgan fingerprint density at radius 1 is 0.295 bits per heavy atom. The molecule has 0 spiro atoms. The van der Waals surface area contributed by atoms with Gasteiger partial charge in [-0.05, 0) is 107 Å². The number of benzene rings is 11. The Morgan fingerprint density at radius 2 is 0.869 bits per heavy atom. The molecule has 61 heavy (non-hydrogen) atoms. The molecule has 0 atom stereocenters. The fourth-order valence-corrected chi connectivity index (χ4v) is 9.95. The molecular formula is C58H35N3. The normalized spacial score (nSPS) is 11.9. The number of aromatic nitrogens is 3. The molecule has 0 amide bonds. The molecule has 282 valence electrons. The number of hydrogen-bond donors (Lipinski definition) is 0. The third-order valence-corrected chi connectivity index (χ3v) is 12.7. The lowest BCUT2D eigenvalue weighted by molar-refractivity contribution is 1.17. The number of hydrogen-bond acceptors (Lipinski definition) is 2. The van der Waals surface area contributed by atoms with Crippen molar-refractivity contribution in [3.63, 3.8) is 0 Å². The van der Waals surface area contributed by atoms with Crippen LogP contribution in [-0.4, -0.2) is 14.5 Å². The van der Waals surface area contributed by atoms with Crippen molar-refractivity contribution in [2.24, 2.45) is 0 Å². The second kappa shape index (κ2) is 13.2. The van der Waals surface area contributed by atoms with Crippen LogP contribution < -0.4 is 0 Å². The van der Waals surface area contributed by atoms with E-state index in [9.17, 15) is 0 Å². The summed E-state index contributed by atoms with van der Waals surface area (Å²) >= 11 is 0. The molecule has 0 aliphatic rings. The molecule has 13 rings (SSSR count). The summed E-state index contributed by atoms with van der Waals surface area (Å²) in [6.45, 7) is 0. The van der Waals surface area contributed by atoms with E-state index in [0.717, 1.165) is 50.4 Å². The average molecular weight is 774 g/mol. The molecular weight excluding hydrogens is 739 g/mol. The fraction of sp³-hybridized carbons (Fsp3) is 0. The van der Waals surface area contributed by atoms with Crippen molar-refractivity contribution < 1.29 is 0 Å². The lowest BCUT2D eigenvalue weighted by Crippen LogP contribution is -1.99. The van der Waals surface area contributed by atoms with Crippen LogP contribution >= 0.6 is 0 Å². The van der Waals surface area contributed by atoms with Crippen LogP contribution in [0.25, 0.3) is 126 Å². The van der Waals surface area contributed by atoms with Crippen molar-refractivity contribution in [2.45, 2.75) is 0 Å². The van der Waals surface area contributed by atoms with Gasteiger partial charge in [0, 0.05) is 33.2 Å². The Hall–Kier alpha value is -8.14. The van der Waals surface area contributed by atoms with Crippen LogP contribution in [0.3, 0.4) is 0 Å². The summed E-state index contributed by atoms with van der Waals surface area (Å²) in [5, 5.41) is 14.9. The Morgan fingerprint density at radius 3 is 1.64 bits per heavy atom. The maximum atomic E-state index is 5.43. The van der Waals surface area contributed by atoms with Crippen LogP contribution in [-0.2, 0) is 0 Å². The summed E-state index contributed by atoms with van der Waals surface area (Å²) in [7, 11) is 0. The van der Waals surface area contributed by atoms with Gasteiger partial charge in [-0.3, -0.25) is 0 Å². The highest BCUT2D eigenvalue weighted by atomic mass is 15.0. The molecule has 13 aromatic rings. The Kier molecular flexibility index (Phi) is 7.31. The molecule has 0 saturated carbocycles. The molecule has 11 aromatic carbocycles. The van der Waals surface area contributed by atoms with Gasteiger partial charge in [0.05, 0.1) is 22.4 Å². The first-order chi connectivity index (χ1) is 30.2. The lowest BCUT2D eigenvalue weighted by Gasteiger charge is -2.17. The van der Waals surface area contributed by atoms with E-state index in [1.165, 1.54) is 70.2 Å². The third-order valence-electron chi connectivity index (χ3n) is 12.7. The standard InChI is InChI=1S/C58H35N3/c1-2-13-39(14-3-1)58-59-52(35-53(60-58)47-29-27-38-26-25-36-16-12-17-37-28-30-50(47)57(38)56(36)37)42-31-41(51-34-40-15-4-5-18-44(40)45-19-6-7-20-46(45)51)32-43(33-42)61-54-23-10-8-21-48(54)49-22-9-11-24-55(49)61/h1-35H. The van der Waals surface area contributed by atoms with E-state index in [4.69, 9.17) is 9.97 Å². The first-order valence-electron chi connectivity index (χ1n) is 20.9. The van der Waals surface area contributed by atoms with E-state index in [0.29, 0.717) is 5.82 Å². The maximum absolute atomic E-state index is 5.43. The molecule has 2 heterocycles. The topological polar surface area (TPSA) is 30.7 Å². The molecule has 0 radical (unpaired) electrons. The van der Waals surface area contributed by atoms with Crippen LogP contribution in [0.4, 0.5) is 0 Å². The minimum atomic E-state index is 0.693. The van der Waals surface area contributed by atoms with Crippen LogP contribution in [0.5, 0.6) is 0 Å². The van der Waals surface area contributed by atoms with Gasteiger partial charge in [0.2, 0.25) is 0 Å². The minimum Gasteiger partial charge on any atom is -0.309 e. The smallest absolute Gasteiger partial charge is 0.160 e. The predicted octanol–water partition coefficient (Wildman–Crippen LogP) is 15.4. The number of fused-ring (bicyclic) bond motifs is 6. The second-order valence-electron chi connectivity index (χ2n) is 16.1. The summed E-state index contributed by atoms with van der Waals surface area (Å²) in [6, 6.07) is 77.0. The Bertz CT molecular complexity index is 3810. The zero-order valence-electron chi connectivity index (χ0n) is 33.0. The van der Waals surface area contributed by atoms with E-state index in [2.05, 4.69) is 211 Å². The van der Waals surface area contributed by atoms with E-state index < -0.39 is 0 Å². The maximum Gasteiger partial charge on any atom is 0.160 e. The van der Waals surface area contributed by atoms with E-state index in [-0.39, 0.29) is 0 Å². The van der Waals surface area contributed by atoms with Crippen molar-refractivity contribution in [2.75, 3.05) is 0 Å². The van der Waals surface area contributed by atoms with Gasteiger partial charge in [-0.15, -0.1) is 0 Å². The van der Waals surface area contributed by atoms with Crippen LogP contribution in [0.2, 0.25) is 0 Å². The first-order valence-corrected chi connectivity index (χ1v) is 20.9. The Labute approximate surface area is 351 Å². The summed E-state index contributed by atoms with van der Waals surface area (Å²) in [5.74, 6) is 0.693. The van der Waals surface area contributed by atoms with Gasteiger partial charge in [-0.2, -0.15) is 0 Å². The zero-order valence-corrected chi connectivity index (χ0v) is 33.0. The molecule has 0 saturated heterocycles.